The van der Waals surface area contributed by atoms with Gasteiger partial charge in [0, 0.05) is 61.4 Å². The highest BCUT2D eigenvalue weighted by Crippen LogP contribution is 2.49. The van der Waals surface area contributed by atoms with Gasteiger partial charge in [0.05, 0.1) is 41.0 Å². The van der Waals surface area contributed by atoms with E-state index >= 15 is 0 Å². The lowest BCUT2D eigenvalue weighted by molar-refractivity contribution is -0.121. The number of allylic oxidation sites excluding steroid dienone is 1. The zero-order chi connectivity index (χ0) is 37.1. The maximum atomic E-state index is 13.1. The van der Waals surface area contributed by atoms with Gasteiger partial charge < -0.3 is 37.2 Å². The van der Waals surface area contributed by atoms with Crippen molar-refractivity contribution >= 4 is 29.5 Å². The van der Waals surface area contributed by atoms with Crippen LogP contribution in [0.1, 0.15) is 72.7 Å². The van der Waals surface area contributed by atoms with Gasteiger partial charge in [0.15, 0.2) is 0 Å². The summed E-state index contributed by atoms with van der Waals surface area (Å²) in [6.45, 7) is 4.59. The van der Waals surface area contributed by atoms with E-state index in [2.05, 4.69) is 50.5 Å². The van der Waals surface area contributed by atoms with Gasteiger partial charge in [-0.15, -0.1) is 0 Å². The van der Waals surface area contributed by atoms with Crippen LogP contribution in [0.2, 0.25) is 0 Å². The Morgan fingerprint density at radius 2 is 1.71 bits per heavy atom. The number of carbonyl (C=O) groups excluding carboxylic acids is 3. The molecule has 2 saturated carbocycles. The molecule has 7 N–H and O–H groups in total. The lowest BCUT2D eigenvalue weighted by Gasteiger charge is -2.43. The van der Waals surface area contributed by atoms with Crippen molar-refractivity contribution in [3.63, 3.8) is 0 Å². The molecule has 13 nitrogen and oxygen atoms in total. The maximum absolute atomic E-state index is 13.1. The molecule has 4 aliphatic rings. The number of amides is 2. The molecule has 3 heterocycles. The fourth-order valence-electron chi connectivity index (χ4n) is 6.83. The normalized spacial score (nSPS) is 19.0. The molecule has 2 aromatic carbocycles. The minimum atomic E-state index is -0.380. The van der Waals surface area contributed by atoms with Gasteiger partial charge in [0.25, 0.3) is 5.91 Å². The van der Waals surface area contributed by atoms with Gasteiger partial charge >= 0.3 is 0 Å². The first-order chi connectivity index (χ1) is 25.0. The summed E-state index contributed by atoms with van der Waals surface area (Å²) in [6, 6.07) is 14.1. The van der Waals surface area contributed by atoms with E-state index in [1.165, 1.54) is 11.8 Å². The average molecular weight is 709 g/mol. The molecular formula is C39H52N10O3. The maximum Gasteiger partial charge on any atom is 0.269 e. The Labute approximate surface area is 306 Å². The largest absolute Gasteiger partial charge is 0.393 e. The molecule has 2 aliphatic carbocycles. The third kappa shape index (κ3) is 8.16. The van der Waals surface area contributed by atoms with E-state index in [0.29, 0.717) is 5.70 Å². The predicted molar refractivity (Wildman–Crippen MR) is 204 cm³/mol. The zero-order valence-electron chi connectivity index (χ0n) is 30.9. The minimum Gasteiger partial charge on any atom is -0.393 e. The second kappa shape index (κ2) is 15.6. The number of hydrogen-bond donors (Lipinski definition) is 5. The molecule has 276 valence electrons. The Hall–Kier alpha value is -5.14. The standard InChI is InChI=1S/C36H43N9O3.C3H9N/c1-3-30-34-27(16-39-45(34)25-18-44(19-25)17-22-7-4-5-8-23(22)20-46)26-9-6-10-28(33(26)43(30)2)41-29(32(38)36(48)40-24-13-14-24)15-31(37)42-35(47)21-11-12-21;1-4(2)3/h4-10,15-16,20-21,24-25,30,41H,3,11-14,17-19,37-38H2,1-2H3,(H,40,48)(H,42,47);1-3H3/b31-15+,32-29+;. The number of anilines is 2. The number of fused-ring (bicyclic) bond motifs is 3. The second-order valence-electron chi connectivity index (χ2n) is 14.7. The van der Waals surface area contributed by atoms with Gasteiger partial charge in [-0.3, -0.25) is 24.0 Å². The number of nitrogens with two attached hydrogens (primary N) is 2. The zero-order valence-corrected chi connectivity index (χ0v) is 30.9. The predicted octanol–water partition coefficient (Wildman–Crippen LogP) is 3.69. The smallest absolute Gasteiger partial charge is 0.269 e. The Balaban J connectivity index is 0.00000110. The van der Waals surface area contributed by atoms with Crippen molar-refractivity contribution < 1.29 is 14.4 Å². The van der Waals surface area contributed by atoms with Gasteiger partial charge in [0.2, 0.25) is 5.91 Å². The van der Waals surface area contributed by atoms with Gasteiger partial charge in [-0.05, 0) is 64.9 Å². The number of benzene rings is 2. The number of rotatable bonds is 12. The molecule has 52 heavy (non-hydrogen) atoms. The van der Waals surface area contributed by atoms with E-state index in [-0.39, 0.29) is 47.4 Å². The van der Waals surface area contributed by atoms with Crippen LogP contribution in [-0.2, 0) is 16.1 Å². The van der Waals surface area contributed by atoms with Crippen LogP contribution in [0.4, 0.5) is 11.4 Å². The van der Waals surface area contributed by atoms with E-state index in [9.17, 15) is 14.4 Å². The fourth-order valence-corrected chi connectivity index (χ4v) is 6.83. The van der Waals surface area contributed by atoms with Crippen molar-refractivity contribution in [1.29, 1.82) is 0 Å². The monoisotopic (exact) mass is 708 g/mol. The van der Waals surface area contributed by atoms with Crippen molar-refractivity contribution in [3.8, 4) is 11.1 Å². The fraction of sp³-hybridized carbons (Fsp3) is 0.436. The highest BCUT2D eigenvalue weighted by atomic mass is 16.2. The van der Waals surface area contributed by atoms with Crippen molar-refractivity contribution in [1.82, 2.24) is 30.2 Å². The van der Waals surface area contributed by atoms with Crippen molar-refractivity contribution in [2.75, 3.05) is 51.5 Å². The molecule has 1 unspecified atom stereocenters. The van der Waals surface area contributed by atoms with Crippen LogP contribution in [0.5, 0.6) is 0 Å². The lowest BCUT2D eigenvalue weighted by Crippen LogP contribution is -2.48. The topological polar surface area (TPSA) is 167 Å². The summed E-state index contributed by atoms with van der Waals surface area (Å²) in [4.78, 5) is 43.6. The van der Waals surface area contributed by atoms with E-state index in [0.717, 1.165) is 91.7 Å². The first-order valence-corrected chi connectivity index (χ1v) is 18.1. The molecule has 7 rings (SSSR count). The average Bonchev–Trinajstić information content (AvgIpc) is 4.04. The SMILES string of the molecule is CCC1c2c(cnn2C2CN(Cc3ccccc3C=O)C2)-c2cccc(NC(/C=C(\N)NC(=O)C3CC3)=C(/N)C(=O)NC3CC3)c2N1C.CN(C)C. The quantitative estimate of drug-likeness (QED) is 0.106. The Morgan fingerprint density at radius 3 is 2.37 bits per heavy atom. The van der Waals surface area contributed by atoms with E-state index in [1.54, 1.807) is 0 Å². The molecule has 0 spiro atoms. The van der Waals surface area contributed by atoms with Gasteiger partial charge in [0.1, 0.15) is 17.8 Å². The summed E-state index contributed by atoms with van der Waals surface area (Å²) in [5.41, 5.74) is 19.8. The second-order valence-corrected chi connectivity index (χ2v) is 14.7. The molecule has 2 amide bonds. The molecule has 2 aliphatic heterocycles. The van der Waals surface area contributed by atoms with Gasteiger partial charge in [-0.25, -0.2) is 0 Å². The Morgan fingerprint density at radius 1 is 1.00 bits per heavy atom. The molecule has 0 radical (unpaired) electrons. The van der Waals surface area contributed by atoms with Crippen molar-refractivity contribution in [2.45, 2.75) is 63.7 Å². The van der Waals surface area contributed by atoms with Crippen LogP contribution >= 0.6 is 0 Å². The summed E-state index contributed by atoms with van der Waals surface area (Å²) in [5, 5.41) is 14.0. The molecular weight excluding hydrogens is 656 g/mol. The lowest BCUT2D eigenvalue weighted by atomic mass is 9.91. The number of nitrogens with one attached hydrogen (secondary N) is 3. The van der Waals surface area contributed by atoms with Crippen molar-refractivity contribution in [3.05, 3.63) is 88.8 Å². The van der Waals surface area contributed by atoms with Gasteiger partial charge in [-0.1, -0.05) is 43.3 Å². The van der Waals surface area contributed by atoms with Crippen LogP contribution in [0, 0.1) is 5.92 Å². The summed E-state index contributed by atoms with van der Waals surface area (Å²) >= 11 is 0. The van der Waals surface area contributed by atoms with Crippen LogP contribution in [-0.4, -0.2) is 85.0 Å². The van der Waals surface area contributed by atoms with Crippen molar-refractivity contribution in [2.24, 2.45) is 17.4 Å². The van der Waals surface area contributed by atoms with Crippen LogP contribution in [0.3, 0.4) is 0 Å². The summed E-state index contributed by atoms with van der Waals surface area (Å²) < 4.78 is 2.18. The number of para-hydroxylation sites is 1. The molecule has 13 heteroatoms. The van der Waals surface area contributed by atoms with E-state index in [4.69, 9.17) is 16.6 Å². The molecule has 0 bridgehead atoms. The Bertz CT molecular complexity index is 1860. The number of aldehydes is 1. The van der Waals surface area contributed by atoms with Crippen LogP contribution in [0.15, 0.2) is 72.0 Å². The third-order valence-electron chi connectivity index (χ3n) is 9.77. The van der Waals surface area contributed by atoms with Crippen LogP contribution in [0.25, 0.3) is 11.1 Å². The number of carbonyl (C=O) groups is 3. The summed E-state index contributed by atoms with van der Waals surface area (Å²) in [7, 11) is 8.08. The number of hydrogen-bond acceptors (Lipinski definition) is 10. The third-order valence-corrected chi connectivity index (χ3v) is 9.77. The molecule has 1 saturated heterocycles. The molecule has 1 aromatic heterocycles. The number of likely N-dealkylation sites (tertiary alicyclic amines) is 1. The molecule has 3 fully saturated rings. The van der Waals surface area contributed by atoms with E-state index < -0.39 is 0 Å². The highest BCUT2D eigenvalue weighted by Gasteiger charge is 2.38. The minimum absolute atomic E-state index is 0.00700. The number of aromatic nitrogens is 2. The van der Waals surface area contributed by atoms with Gasteiger partial charge in [-0.2, -0.15) is 5.10 Å². The molecule has 3 aromatic rings. The first-order valence-electron chi connectivity index (χ1n) is 18.1. The summed E-state index contributed by atoms with van der Waals surface area (Å²) in [5.74, 6) is -0.411. The summed E-state index contributed by atoms with van der Waals surface area (Å²) in [6.07, 6.45) is 8.80. The van der Waals surface area contributed by atoms with Crippen LogP contribution < -0.4 is 32.3 Å². The highest BCUT2D eigenvalue weighted by molar-refractivity contribution is 5.96. The van der Waals surface area contributed by atoms with E-state index in [1.807, 2.05) is 68.6 Å². The molecule has 1 atom stereocenters. The number of nitrogens with zero attached hydrogens (tertiary/aromatic N) is 5. The Kier molecular flexibility index (Phi) is 11.0. The first kappa shape index (κ1) is 36.6.